The minimum atomic E-state index is -0.0607. The van der Waals surface area contributed by atoms with Gasteiger partial charge in [0.05, 0.1) is 6.10 Å². The Balaban J connectivity index is 1.46. The number of benzene rings is 1. The third-order valence-electron chi connectivity index (χ3n) is 5.07. The van der Waals surface area contributed by atoms with Crippen molar-refractivity contribution in [2.75, 3.05) is 26.7 Å². The van der Waals surface area contributed by atoms with Crippen LogP contribution in [0.1, 0.15) is 47.2 Å². The van der Waals surface area contributed by atoms with E-state index < -0.39 is 0 Å². The number of hydrogen-bond donors (Lipinski definition) is 3. The molecule has 2 unspecified atom stereocenters. The lowest BCUT2D eigenvalue weighted by atomic mass is 10.1. The average molecular weight is 415 g/mol. The summed E-state index contributed by atoms with van der Waals surface area (Å²) in [6, 6.07) is 9.82. The van der Waals surface area contributed by atoms with Crippen LogP contribution in [0.4, 0.5) is 0 Å². The zero-order valence-corrected chi connectivity index (χ0v) is 17.9. The van der Waals surface area contributed by atoms with E-state index in [1.54, 1.807) is 18.4 Å². The molecule has 6 nitrogen and oxygen atoms in total. The molecule has 3 rings (SSSR count). The molecule has 1 saturated heterocycles. The Morgan fingerprint density at radius 3 is 2.93 bits per heavy atom. The van der Waals surface area contributed by atoms with Gasteiger partial charge in [-0.3, -0.25) is 9.79 Å². The monoisotopic (exact) mass is 414 g/mol. The van der Waals surface area contributed by atoms with Crippen molar-refractivity contribution in [1.82, 2.24) is 16.0 Å². The van der Waals surface area contributed by atoms with Crippen LogP contribution in [0.25, 0.3) is 0 Å². The van der Waals surface area contributed by atoms with Gasteiger partial charge in [-0.25, -0.2) is 0 Å². The summed E-state index contributed by atoms with van der Waals surface area (Å²) in [6.07, 6.45) is 2.24. The van der Waals surface area contributed by atoms with Crippen LogP contribution >= 0.6 is 11.3 Å². The Labute approximate surface area is 176 Å². The van der Waals surface area contributed by atoms with Crippen LogP contribution in [-0.2, 0) is 11.3 Å². The molecule has 1 aromatic carbocycles. The fourth-order valence-corrected chi connectivity index (χ4v) is 4.05. The Bertz CT molecular complexity index is 801. The quantitative estimate of drug-likeness (QED) is 0.458. The van der Waals surface area contributed by atoms with Crippen molar-refractivity contribution in [2.45, 2.75) is 38.3 Å². The largest absolute Gasteiger partial charge is 0.376 e. The van der Waals surface area contributed by atoms with E-state index in [1.807, 2.05) is 24.3 Å². The summed E-state index contributed by atoms with van der Waals surface area (Å²) in [5.41, 5.74) is 3.03. The van der Waals surface area contributed by atoms with Crippen molar-refractivity contribution in [3.63, 3.8) is 0 Å². The number of rotatable bonds is 8. The summed E-state index contributed by atoms with van der Waals surface area (Å²) in [5, 5.41) is 13.9. The molecule has 1 fully saturated rings. The number of carbonyl (C=O) groups excluding carboxylic acids is 1. The van der Waals surface area contributed by atoms with Gasteiger partial charge in [-0.15, -0.1) is 0 Å². The molecule has 156 valence electrons. The van der Waals surface area contributed by atoms with Gasteiger partial charge in [-0.1, -0.05) is 19.1 Å². The van der Waals surface area contributed by atoms with Crippen molar-refractivity contribution in [2.24, 2.45) is 4.99 Å². The lowest BCUT2D eigenvalue weighted by Crippen LogP contribution is -2.38. The predicted molar refractivity (Wildman–Crippen MR) is 119 cm³/mol. The number of guanidine groups is 1. The summed E-state index contributed by atoms with van der Waals surface area (Å²) < 4.78 is 5.56. The van der Waals surface area contributed by atoms with E-state index in [0.29, 0.717) is 24.6 Å². The van der Waals surface area contributed by atoms with Gasteiger partial charge in [0.25, 0.3) is 5.91 Å². The summed E-state index contributed by atoms with van der Waals surface area (Å²) in [5.74, 6) is 1.10. The lowest BCUT2D eigenvalue weighted by Gasteiger charge is -2.16. The number of nitrogens with one attached hydrogen (secondary N) is 3. The minimum Gasteiger partial charge on any atom is -0.376 e. The first-order chi connectivity index (χ1) is 14.2. The molecule has 1 aliphatic heterocycles. The maximum Gasteiger partial charge on any atom is 0.251 e. The van der Waals surface area contributed by atoms with E-state index in [0.717, 1.165) is 37.5 Å². The summed E-state index contributed by atoms with van der Waals surface area (Å²) in [7, 11) is 1.76. The third-order valence-corrected chi connectivity index (χ3v) is 5.78. The molecule has 2 aromatic rings. The Morgan fingerprint density at radius 1 is 1.31 bits per heavy atom. The van der Waals surface area contributed by atoms with E-state index in [4.69, 9.17) is 4.74 Å². The molecule has 2 atom stereocenters. The molecule has 0 spiro atoms. The number of amides is 1. The highest BCUT2D eigenvalue weighted by Crippen LogP contribution is 2.17. The molecular weight excluding hydrogens is 384 g/mol. The van der Waals surface area contributed by atoms with Crippen LogP contribution in [0.5, 0.6) is 0 Å². The van der Waals surface area contributed by atoms with E-state index >= 15 is 0 Å². The van der Waals surface area contributed by atoms with Gasteiger partial charge < -0.3 is 20.7 Å². The zero-order valence-electron chi connectivity index (χ0n) is 17.1. The predicted octanol–water partition coefficient (Wildman–Crippen LogP) is 3.13. The van der Waals surface area contributed by atoms with Crippen LogP contribution in [0.15, 0.2) is 46.1 Å². The Hall–Kier alpha value is -2.38. The molecule has 2 heterocycles. The van der Waals surface area contributed by atoms with Crippen LogP contribution in [-0.4, -0.2) is 44.7 Å². The highest BCUT2D eigenvalue weighted by molar-refractivity contribution is 7.07. The topological polar surface area (TPSA) is 74.8 Å². The van der Waals surface area contributed by atoms with E-state index in [2.05, 4.69) is 44.7 Å². The highest BCUT2D eigenvalue weighted by atomic mass is 32.1. The van der Waals surface area contributed by atoms with Crippen LogP contribution < -0.4 is 16.0 Å². The van der Waals surface area contributed by atoms with Crippen molar-refractivity contribution >= 4 is 23.2 Å². The SMILES string of the molecule is CN=C(NCc1cccc(C(=O)NCC2CCCO2)c1)NCC(C)c1ccsc1. The number of aliphatic imine (C=N–C) groups is 1. The van der Waals surface area contributed by atoms with E-state index in [9.17, 15) is 4.79 Å². The number of nitrogens with zero attached hydrogens (tertiary/aromatic N) is 1. The third kappa shape index (κ3) is 6.58. The fraction of sp³-hybridized carbons (Fsp3) is 0.455. The van der Waals surface area contributed by atoms with Gasteiger partial charge in [-0.2, -0.15) is 11.3 Å². The van der Waals surface area contributed by atoms with E-state index in [1.165, 1.54) is 5.56 Å². The van der Waals surface area contributed by atoms with Crippen molar-refractivity contribution in [1.29, 1.82) is 0 Å². The summed E-state index contributed by atoms with van der Waals surface area (Å²) in [6.45, 7) is 4.96. The maximum atomic E-state index is 12.4. The number of carbonyl (C=O) groups is 1. The molecule has 0 aliphatic carbocycles. The highest BCUT2D eigenvalue weighted by Gasteiger charge is 2.16. The molecule has 1 aromatic heterocycles. The van der Waals surface area contributed by atoms with Gasteiger partial charge >= 0.3 is 0 Å². The van der Waals surface area contributed by atoms with Gasteiger partial charge in [0.1, 0.15) is 0 Å². The number of hydrogen-bond acceptors (Lipinski definition) is 4. The molecule has 1 amide bonds. The molecule has 29 heavy (non-hydrogen) atoms. The van der Waals surface area contributed by atoms with Crippen molar-refractivity contribution in [3.05, 3.63) is 57.8 Å². The van der Waals surface area contributed by atoms with Crippen molar-refractivity contribution < 1.29 is 9.53 Å². The number of thiophene rings is 1. The second kappa shape index (κ2) is 11.0. The van der Waals surface area contributed by atoms with Gasteiger partial charge in [0.2, 0.25) is 0 Å². The lowest BCUT2D eigenvalue weighted by molar-refractivity contribution is 0.0857. The second-order valence-electron chi connectivity index (χ2n) is 7.31. The first-order valence-electron chi connectivity index (χ1n) is 10.1. The summed E-state index contributed by atoms with van der Waals surface area (Å²) in [4.78, 5) is 16.7. The molecule has 3 N–H and O–H groups in total. The van der Waals surface area contributed by atoms with E-state index in [-0.39, 0.29) is 12.0 Å². The average Bonchev–Trinajstić information content (AvgIpc) is 3.46. The Kier molecular flexibility index (Phi) is 8.07. The molecule has 7 heteroatoms. The molecular formula is C22H30N4O2S. The molecule has 0 radical (unpaired) electrons. The molecule has 0 bridgehead atoms. The smallest absolute Gasteiger partial charge is 0.251 e. The minimum absolute atomic E-state index is 0.0607. The second-order valence-corrected chi connectivity index (χ2v) is 8.09. The maximum absolute atomic E-state index is 12.4. The normalized spacial score (nSPS) is 17.7. The van der Waals surface area contributed by atoms with Crippen LogP contribution in [0.3, 0.4) is 0 Å². The number of ether oxygens (including phenoxy) is 1. The van der Waals surface area contributed by atoms with Crippen molar-refractivity contribution in [3.8, 4) is 0 Å². The standard InChI is InChI=1S/C22H30N4O2S/c1-16(19-8-10-29-15-19)12-25-22(23-2)26-13-17-5-3-6-18(11-17)21(27)24-14-20-7-4-9-28-20/h3,5-6,8,10-11,15-16,20H,4,7,9,12-14H2,1-2H3,(H,24,27)(H2,23,25,26). The zero-order chi connectivity index (χ0) is 20.5. The van der Waals surface area contributed by atoms with Gasteiger partial charge in [0, 0.05) is 38.9 Å². The van der Waals surface area contributed by atoms with Gasteiger partial charge in [-0.05, 0) is 58.8 Å². The Morgan fingerprint density at radius 2 is 2.21 bits per heavy atom. The molecule has 1 aliphatic rings. The van der Waals surface area contributed by atoms with Gasteiger partial charge in [0.15, 0.2) is 5.96 Å². The fourth-order valence-electron chi connectivity index (χ4n) is 3.27. The first kappa shape index (κ1) is 21.3. The van der Waals surface area contributed by atoms with Crippen LogP contribution in [0, 0.1) is 0 Å². The molecule has 0 saturated carbocycles. The first-order valence-corrected chi connectivity index (χ1v) is 11.1. The summed E-state index contributed by atoms with van der Waals surface area (Å²) >= 11 is 1.72. The van der Waals surface area contributed by atoms with Crippen LogP contribution in [0.2, 0.25) is 0 Å².